The number of benzene rings is 2. The van der Waals surface area contributed by atoms with Crippen LogP contribution in [0.2, 0.25) is 0 Å². The highest BCUT2D eigenvalue weighted by Crippen LogP contribution is 2.13. The zero-order valence-corrected chi connectivity index (χ0v) is 11.3. The number of hydrogen-bond acceptors (Lipinski definition) is 2. The van der Waals surface area contributed by atoms with Crippen LogP contribution >= 0.6 is 0 Å². The molecule has 0 bridgehead atoms. The van der Waals surface area contributed by atoms with Crippen molar-refractivity contribution in [3.63, 3.8) is 0 Å². The Hall–Kier alpha value is -2.88. The summed E-state index contributed by atoms with van der Waals surface area (Å²) < 4.78 is 0. The van der Waals surface area contributed by atoms with E-state index in [4.69, 9.17) is 5.11 Å². The van der Waals surface area contributed by atoms with Crippen LogP contribution in [0.1, 0.15) is 11.1 Å². The van der Waals surface area contributed by atoms with Crippen LogP contribution in [0, 0.1) is 0 Å². The largest absolute Gasteiger partial charge is 0.478 e. The second kappa shape index (κ2) is 7.05. The Balaban J connectivity index is 1.96. The van der Waals surface area contributed by atoms with Gasteiger partial charge in [-0.3, -0.25) is 4.79 Å². The van der Waals surface area contributed by atoms with Crippen LogP contribution in [0.5, 0.6) is 0 Å². The Morgan fingerprint density at radius 1 is 0.905 bits per heavy atom. The van der Waals surface area contributed by atoms with Crippen molar-refractivity contribution in [2.75, 3.05) is 5.32 Å². The highest BCUT2D eigenvalue weighted by Gasteiger charge is 2.00. The molecule has 0 unspecified atom stereocenters. The first-order valence-corrected chi connectivity index (χ1v) is 6.48. The zero-order chi connectivity index (χ0) is 15.1. The van der Waals surface area contributed by atoms with Crippen LogP contribution in [0.15, 0.2) is 66.7 Å². The molecule has 0 saturated carbocycles. The Morgan fingerprint density at radius 2 is 1.52 bits per heavy atom. The molecule has 0 aliphatic heterocycles. The van der Waals surface area contributed by atoms with Gasteiger partial charge in [0.25, 0.3) is 0 Å². The molecule has 1 amide bonds. The molecular weight excluding hydrogens is 266 g/mol. The molecule has 2 N–H and O–H groups in total. The number of carboxylic acid groups (broad SMARTS) is 1. The summed E-state index contributed by atoms with van der Waals surface area (Å²) in [5.74, 6) is -1.61. The number of aliphatic carboxylic acids is 1. The van der Waals surface area contributed by atoms with Crippen LogP contribution in [0.3, 0.4) is 0 Å². The van der Waals surface area contributed by atoms with Gasteiger partial charge in [0.2, 0.25) is 5.91 Å². The number of carbonyl (C=O) groups is 2. The van der Waals surface area contributed by atoms with Gasteiger partial charge in [-0.15, -0.1) is 0 Å². The van der Waals surface area contributed by atoms with Crippen LogP contribution in [0.25, 0.3) is 0 Å². The molecule has 0 aliphatic carbocycles. The average Bonchev–Trinajstić information content (AvgIpc) is 2.48. The lowest BCUT2D eigenvalue weighted by atomic mass is 10.0. The standard InChI is InChI=1S/C17H15NO3/c19-16(10-11-17(20)21)18-15-8-6-14(7-9-15)12-13-4-2-1-3-5-13/h1-11H,12H2,(H,18,19)(H,20,21)/b11-10-. The van der Waals surface area contributed by atoms with Crippen LogP contribution < -0.4 is 5.32 Å². The Kier molecular flexibility index (Phi) is 4.88. The molecule has 0 spiro atoms. The first-order valence-electron chi connectivity index (χ1n) is 6.48. The molecular formula is C17H15NO3. The van der Waals surface area contributed by atoms with E-state index >= 15 is 0 Å². The average molecular weight is 281 g/mol. The van der Waals surface area contributed by atoms with E-state index < -0.39 is 11.9 Å². The summed E-state index contributed by atoms with van der Waals surface area (Å²) in [6, 6.07) is 17.6. The fraction of sp³-hybridized carbons (Fsp3) is 0.0588. The van der Waals surface area contributed by atoms with Gasteiger partial charge in [0.1, 0.15) is 0 Å². The molecule has 0 fully saturated rings. The fourth-order valence-electron chi connectivity index (χ4n) is 1.87. The maximum absolute atomic E-state index is 11.4. The van der Waals surface area contributed by atoms with Gasteiger partial charge in [-0.2, -0.15) is 0 Å². The molecule has 106 valence electrons. The van der Waals surface area contributed by atoms with E-state index in [9.17, 15) is 9.59 Å². The van der Waals surface area contributed by atoms with Gasteiger partial charge >= 0.3 is 5.97 Å². The van der Waals surface area contributed by atoms with E-state index in [-0.39, 0.29) is 0 Å². The lowest BCUT2D eigenvalue weighted by Crippen LogP contribution is -2.08. The molecule has 0 heterocycles. The van der Waals surface area contributed by atoms with Crippen molar-refractivity contribution in [2.24, 2.45) is 0 Å². The number of hydrogen-bond donors (Lipinski definition) is 2. The van der Waals surface area contributed by atoms with E-state index in [1.165, 1.54) is 5.56 Å². The molecule has 4 heteroatoms. The summed E-state index contributed by atoms with van der Waals surface area (Å²) in [4.78, 5) is 21.7. The predicted octanol–water partition coefficient (Wildman–Crippen LogP) is 2.86. The molecule has 2 rings (SSSR count). The van der Waals surface area contributed by atoms with Crippen molar-refractivity contribution in [3.05, 3.63) is 77.9 Å². The van der Waals surface area contributed by atoms with Crippen LogP contribution in [-0.2, 0) is 16.0 Å². The highest BCUT2D eigenvalue weighted by molar-refractivity contribution is 6.02. The summed E-state index contributed by atoms with van der Waals surface area (Å²) in [7, 11) is 0. The Morgan fingerprint density at radius 3 is 2.14 bits per heavy atom. The molecule has 0 atom stereocenters. The maximum Gasteiger partial charge on any atom is 0.328 e. The highest BCUT2D eigenvalue weighted by atomic mass is 16.4. The van der Waals surface area contributed by atoms with Crippen molar-refractivity contribution in [2.45, 2.75) is 6.42 Å². The smallest absolute Gasteiger partial charge is 0.328 e. The molecule has 2 aromatic rings. The molecule has 0 aliphatic rings. The third-order valence-corrected chi connectivity index (χ3v) is 2.85. The summed E-state index contributed by atoms with van der Waals surface area (Å²) in [6.07, 6.45) is 2.62. The van der Waals surface area contributed by atoms with Gasteiger partial charge in [-0.1, -0.05) is 42.5 Å². The van der Waals surface area contributed by atoms with Crippen molar-refractivity contribution in [1.82, 2.24) is 0 Å². The van der Waals surface area contributed by atoms with Gasteiger partial charge in [0, 0.05) is 17.8 Å². The molecule has 0 radical (unpaired) electrons. The monoisotopic (exact) mass is 281 g/mol. The number of amides is 1. The first-order chi connectivity index (χ1) is 10.1. The van der Waals surface area contributed by atoms with Gasteiger partial charge in [0.15, 0.2) is 0 Å². The number of carbonyl (C=O) groups excluding carboxylic acids is 1. The minimum absolute atomic E-state index is 0.465. The summed E-state index contributed by atoms with van der Waals surface area (Å²) >= 11 is 0. The second-order valence-electron chi connectivity index (χ2n) is 4.52. The van der Waals surface area contributed by atoms with Crippen molar-refractivity contribution in [1.29, 1.82) is 0 Å². The quantitative estimate of drug-likeness (QED) is 0.828. The van der Waals surface area contributed by atoms with Crippen LogP contribution in [-0.4, -0.2) is 17.0 Å². The van der Waals surface area contributed by atoms with E-state index in [1.807, 2.05) is 30.3 Å². The van der Waals surface area contributed by atoms with E-state index in [0.29, 0.717) is 5.69 Å². The number of rotatable bonds is 5. The predicted molar refractivity (Wildman–Crippen MR) is 81.1 cm³/mol. The molecule has 0 saturated heterocycles. The Labute approximate surface area is 122 Å². The van der Waals surface area contributed by atoms with Crippen molar-refractivity contribution >= 4 is 17.6 Å². The molecule has 0 aromatic heterocycles. The second-order valence-corrected chi connectivity index (χ2v) is 4.52. The molecule has 4 nitrogen and oxygen atoms in total. The first kappa shape index (κ1) is 14.5. The lowest BCUT2D eigenvalue weighted by Gasteiger charge is -2.05. The molecule has 21 heavy (non-hydrogen) atoms. The van der Waals surface area contributed by atoms with Gasteiger partial charge in [0.05, 0.1) is 0 Å². The number of anilines is 1. The van der Waals surface area contributed by atoms with Gasteiger partial charge in [-0.05, 0) is 29.7 Å². The van der Waals surface area contributed by atoms with Crippen molar-refractivity contribution in [3.8, 4) is 0 Å². The third kappa shape index (κ3) is 4.95. The van der Waals surface area contributed by atoms with E-state index in [1.54, 1.807) is 12.1 Å². The van der Waals surface area contributed by atoms with E-state index in [2.05, 4.69) is 17.4 Å². The molecule has 2 aromatic carbocycles. The number of carboxylic acids is 1. The Bertz CT molecular complexity index is 645. The maximum atomic E-state index is 11.4. The summed E-state index contributed by atoms with van der Waals surface area (Å²) in [6.45, 7) is 0. The minimum Gasteiger partial charge on any atom is -0.478 e. The van der Waals surface area contributed by atoms with Gasteiger partial charge in [-0.25, -0.2) is 4.79 Å². The fourth-order valence-corrected chi connectivity index (χ4v) is 1.87. The third-order valence-electron chi connectivity index (χ3n) is 2.85. The van der Waals surface area contributed by atoms with Gasteiger partial charge < -0.3 is 10.4 Å². The summed E-state index contributed by atoms with van der Waals surface area (Å²) in [5.41, 5.74) is 2.99. The zero-order valence-electron chi connectivity index (χ0n) is 11.3. The van der Waals surface area contributed by atoms with E-state index in [0.717, 1.165) is 24.1 Å². The summed E-state index contributed by atoms with van der Waals surface area (Å²) in [5, 5.41) is 11.0. The minimum atomic E-state index is -1.15. The topological polar surface area (TPSA) is 66.4 Å². The number of nitrogens with one attached hydrogen (secondary N) is 1. The van der Waals surface area contributed by atoms with Crippen LogP contribution in [0.4, 0.5) is 5.69 Å². The van der Waals surface area contributed by atoms with Crippen molar-refractivity contribution < 1.29 is 14.7 Å². The normalized spacial score (nSPS) is 10.5. The SMILES string of the molecule is O=C(O)/C=C\C(=O)Nc1ccc(Cc2ccccc2)cc1. The lowest BCUT2D eigenvalue weighted by molar-refractivity contribution is -0.131.